The number of alkyl halides is 3. The molecular weight excluding hydrogens is 325 g/mol. The van der Waals surface area contributed by atoms with E-state index in [9.17, 15) is 22.8 Å². The molecule has 1 saturated heterocycles. The van der Waals surface area contributed by atoms with E-state index in [1.807, 2.05) is 6.92 Å². The Bertz CT molecular complexity index is 652. The lowest BCUT2D eigenvalue weighted by Gasteiger charge is -2.19. The smallest absolute Gasteiger partial charge is 0.314 e. The number of carbonyl (C=O) groups excluding carboxylic acids is 2. The molecule has 0 bridgehead atoms. The Morgan fingerprint density at radius 2 is 2.08 bits per heavy atom. The number of halogens is 3. The van der Waals surface area contributed by atoms with Crippen molar-refractivity contribution in [3.05, 3.63) is 17.5 Å². The molecule has 2 heterocycles. The zero-order valence-electron chi connectivity index (χ0n) is 13.3. The molecule has 0 spiro atoms. The number of rotatable bonds is 5. The van der Waals surface area contributed by atoms with Crippen molar-refractivity contribution in [3.63, 3.8) is 0 Å². The van der Waals surface area contributed by atoms with Gasteiger partial charge < -0.3 is 9.80 Å². The third-order valence-electron chi connectivity index (χ3n) is 4.19. The van der Waals surface area contributed by atoms with E-state index in [2.05, 4.69) is 5.10 Å². The highest BCUT2D eigenvalue weighted by molar-refractivity contribution is 5.99. The normalized spacial score (nSPS) is 18.6. The topological polar surface area (TPSA) is 58.4 Å². The summed E-state index contributed by atoms with van der Waals surface area (Å²) in [7, 11) is 0. The maximum absolute atomic E-state index is 12.7. The first-order valence-corrected chi connectivity index (χ1v) is 7.99. The predicted molar refractivity (Wildman–Crippen MR) is 78.2 cm³/mol. The van der Waals surface area contributed by atoms with Crippen molar-refractivity contribution in [2.24, 2.45) is 0 Å². The highest BCUT2D eigenvalue weighted by atomic mass is 19.4. The molecule has 0 aromatic carbocycles. The number of aryl methyl sites for hydroxylation is 1. The number of nitrogens with zero attached hydrogens (tertiary/aromatic N) is 4. The molecule has 0 radical (unpaired) electrons. The van der Waals surface area contributed by atoms with Gasteiger partial charge in [0.05, 0.1) is 24.1 Å². The van der Waals surface area contributed by atoms with Crippen molar-refractivity contribution in [1.29, 1.82) is 0 Å². The fourth-order valence-corrected chi connectivity index (χ4v) is 3.00. The largest absolute Gasteiger partial charge is 0.406 e. The Morgan fingerprint density at radius 3 is 2.67 bits per heavy atom. The van der Waals surface area contributed by atoms with Crippen LogP contribution in [0, 0.1) is 0 Å². The SMILES string of the molecule is CCCn1ncc(C(=O)N2CC(=O)N(CC(F)(F)F)C2)c1C1CC1. The fraction of sp³-hybridized carbons (Fsp3) is 0.667. The molecule has 2 amide bonds. The molecule has 3 rings (SSSR count). The van der Waals surface area contributed by atoms with Gasteiger partial charge in [0.15, 0.2) is 0 Å². The second kappa shape index (κ2) is 6.10. The van der Waals surface area contributed by atoms with E-state index in [4.69, 9.17) is 0 Å². The summed E-state index contributed by atoms with van der Waals surface area (Å²) in [5.41, 5.74) is 1.26. The zero-order chi connectivity index (χ0) is 17.5. The van der Waals surface area contributed by atoms with Crippen LogP contribution in [0.15, 0.2) is 6.20 Å². The Balaban J connectivity index is 1.77. The third-order valence-corrected chi connectivity index (χ3v) is 4.19. The van der Waals surface area contributed by atoms with Gasteiger partial charge in [-0.2, -0.15) is 18.3 Å². The van der Waals surface area contributed by atoms with Crippen LogP contribution < -0.4 is 0 Å². The van der Waals surface area contributed by atoms with E-state index in [1.54, 1.807) is 4.68 Å². The molecule has 132 valence electrons. The molecule has 1 aliphatic carbocycles. The summed E-state index contributed by atoms with van der Waals surface area (Å²) in [6.45, 7) is 0.713. The van der Waals surface area contributed by atoms with Crippen LogP contribution in [0.1, 0.15) is 48.2 Å². The average molecular weight is 344 g/mol. The summed E-state index contributed by atoms with van der Waals surface area (Å²) in [6.07, 6.45) is -0.164. The van der Waals surface area contributed by atoms with Crippen molar-refractivity contribution in [1.82, 2.24) is 19.6 Å². The highest BCUT2D eigenvalue weighted by Gasteiger charge is 2.40. The van der Waals surface area contributed by atoms with Crippen molar-refractivity contribution >= 4 is 11.8 Å². The maximum Gasteiger partial charge on any atom is 0.406 e. The summed E-state index contributed by atoms with van der Waals surface area (Å²) in [5, 5.41) is 4.25. The van der Waals surface area contributed by atoms with Gasteiger partial charge in [-0.05, 0) is 19.3 Å². The van der Waals surface area contributed by atoms with Crippen LogP contribution >= 0.6 is 0 Å². The molecule has 0 N–H and O–H groups in total. The molecule has 9 heteroatoms. The monoisotopic (exact) mass is 344 g/mol. The molecule has 1 saturated carbocycles. The van der Waals surface area contributed by atoms with Gasteiger partial charge in [-0.1, -0.05) is 6.92 Å². The molecule has 1 aromatic heterocycles. The van der Waals surface area contributed by atoms with Crippen LogP contribution in [-0.4, -0.2) is 57.3 Å². The van der Waals surface area contributed by atoms with Crippen molar-refractivity contribution in [3.8, 4) is 0 Å². The number of hydrogen-bond donors (Lipinski definition) is 0. The summed E-state index contributed by atoms with van der Waals surface area (Å²) in [5.74, 6) is -0.825. The average Bonchev–Trinajstić information content (AvgIpc) is 3.15. The fourth-order valence-electron chi connectivity index (χ4n) is 3.00. The van der Waals surface area contributed by atoms with Gasteiger partial charge in [0, 0.05) is 12.5 Å². The van der Waals surface area contributed by atoms with Crippen LogP contribution in [-0.2, 0) is 11.3 Å². The summed E-state index contributed by atoms with van der Waals surface area (Å²) < 4.78 is 39.3. The molecule has 2 aliphatic rings. The summed E-state index contributed by atoms with van der Waals surface area (Å²) in [6, 6.07) is 0. The van der Waals surface area contributed by atoms with E-state index in [0.29, 0.717) is 17.0 Å². The Labute approximate surface area is 137 Å². The lowest BCUT2D eigenvalue weighted by molar-refractivity contribution is -0.157. The Hall–Kier alpha value is -2.06. The van der Waals surface area contributed by atoms with Crippen molar-refractivity contribution < 1.29 is 22.8 Å². The zero-order valence-corrected chi connectivity index (χ0v) is 13.3. The lowest BCUT2D eigenvalue weighted by Crippen LogP contribution is -2.37. The number of amides is 2. The number of hydrogen-bond acceptors (Lipinski definition) is 3. The molecule has 1 aromatic rings. The van der Waals surface area contributed by atoms with Gasteiger partial charge in [0.25, 0.3) is 5.91 Å². The molecule has 0 atom stereocenters. The molecule has 1 aliphatic heterocycles. The van der Waals surface area contributed by atoms with Crippen LogP contribution in [0.3, 0.4) is 0 Å². The van der Waals surface area contributed by atoms with E-state index >= 15 is 0 Å². The number of carbonyl (C=O) groups is 2. The van der Waals surface area contributed by atoms with Crippen LogP contribution in [0.25, 0.3) is 0 Å². The minimum absolute atomic E-state index is 0.280. The van der Waals surface area contributed by atoms with E-state index in [1.165, 1.54) is 6.20 Å². The van der Waals surface area contributed by atoms with Crippen LogP contribution in [0.2, 0.25) is 0 Å². The molecule has 6 nitrogen and oxygen atoms in total. The van der Waals surface area contributed by atoms with Gasteiger partial charge in [-0.3, -0.25) is 14.3 Å². The first kappa shape index (κ1) is 16.8. The van der Waals surface area contributed by atoms with Gasteiger partial charge in [0.1, 0.15) is 13.1 Å². The molecule has 2 fully saturated rings. The molecule has 24 heavy (non-hydrogen) atoms. The lowest BCUT2D eigenvalue weighted by atomic mass is 10.1. The predicted octanol–water partition coefficient (Wildman–Crippen LogP) is 1.97. The minimum atomic E-state index is -4.47. The second-order valence-electron chi connectivity index (χ2n) is 6.29. The molecule has 0 unspecified atom stereocenters. The Kier molecular flexibility index (Phi) is 4.27. The summed E-state index contributed by atoms with van der Waals surface area (Å²) in [4.78, 5) is 26.3. The first-order chi connectivity index (χ1) is 11.3. The maximum atomic E-state index is 12.7. The Morgan fingerprint density at radius 1 is 1.38 bits per heavy atom. The summed E-state index contributed by atoms with van der Waals surface area (Å²) >= 11 is 0. The van der Waals surface area contributed by atoms with E-state index in [0.717, 1.165) is 29.9 Å². The second-order valence-corrected chi connectivity index (χ2v) is 6.29. The molecular formula is C15H19F3N4O2. The standard InChI is InChI=1S/C15H19F3N4O2/c1-2-5-22-13(10-3-4-10)11(6-19-22)14(24)20-7-12(23)21(9-20)8-15(16,17)18/h6,10H,2-5,7-9H2,1H3. The highest BCUT2D eigenvalue weighted by Crippen LogP contribution is 2.42. The third kappa shape index (κ3) is 3.39. The first-order valence-electron chi connectivity index (χ1n) is 7.99. The minimum Gasteiger partial charge on any atom is -0.314 e. The quantitative estimate of drug-likeness (QED) is 0.821. The van der Waals surface area contributed by atoms with Gasteiger partial charge in [0.2, 0.25) is 5.91 Å². The van der Waals surface area contributed by atoms with Crippen LogP contribution in [0.5, 0.6) is 0 Å². The van der Waals surface area contributed by atoms with E-state index < -0.39 is 24.5 Å². The number of aromatic nitrogens is 2. The van der Waals surface area contributed by atoms with Crippen LogP contribution in [0.4, 0.5) is 13.2 Å². The van der Waals surface area contributed by atoms with Gasteiger partial charge in [-0.25, -0.2) is 0 Å². The van der Waals surface area contributed by atoms with Crippen molar-refractivity contribution in [2.75, 3.05) is 19.8 Å². The van der Waals surface area contributed by atoms with E-state index in [-0.39, 0.29) is 19.1 Å². The van der Waals surface area contributed by atoms with Gasteiger partial charge in [-0.15, -0.1) is 0 Å². The van der Waals surface area contributed by atoms with Gasteiger partial charge >= 0.3 is 6.18 Å². The van der Waals surface area contributed by atoms with Crippen molar-refractivity contribution in [2.45, 2.75) is 44.8 Å².